The van der Waals surface area contributed by atoms with Crippen LogP contribution in [0.1, 0.15) is 25.3 Å². The van der Waals surface area contributed by atoms with Crippen LogP contribution < -0.4 is 5.32 Å². The van der Waals surface area contributed by atoms with Gasteiger partial charge in [-0.05, 0) is 42.2 Å². The minimum Gasteiger partial charge on any atom is -0.386 e. The summed E-state index contributed by atoms with van der Waals surface area (Å²) in [7, 11) is 0. The van der Waals surface area contributed by atoms with Gasteiger partial charge in [-0.3, -0.25) is 4.79 Å². The molecule has 0 unspecified atom stereocenters. The van der Waals surface area contributed by atoms with Crippen molar-refractivity contribution in [3.8, 4) is 11.1 Å². The molecule has 31 heavy (non-hydrogen) atoms. The average molecular weight is 427 g/mol. The number of anilines is 1. The lowest BCUT2D eigenvalue weighted by molar-refractivity contribution is -0.122. The van der Waals surface area contributed by atoms with Crippen LogP contribution in [-0.4, -0.2) is 35.1 Å². The van der Waals surface area contributed by atoms with Gasteiger partial charge in [0.2, 0.25) is 5.91 Å². The third-order valence-electron chi connectivity index (χ3n) is 5.75. The molecule has 1 saturated heterocycles. The Bertz CT molecular complexity index is 933. The lowest BCUT2D eigenvalue weighted by Crippen LogP contribution is -2.36. The second kappa shape index (κ2) is 9.43. The van der Waals surface area contributed by atoms with Gasteiger partial charge < -0.3 is 15.3 Å². The number of hydrogen-bond acceptors (Lipinski definition) is 3. The number of amides is 1. The van der Waals surface area contributed by atoms with E-state index >= 15 is 0 Å². The molecular formula is C25H28F2N2O2. The van der Waals surface area contributed by atoms with Gasteiger partial charge in [-0.25, -0.2) is 0 Å². The number of alkyl halides is 2. The van der Waals surface area contributed by atoms with Gasteiger partial charge in [0, 0.05) is 30.0 Å². The van der Waals surface area contributed by atoms with Gasteiger partial charge in [0.15, 0.2) is 0 Å². The molecule has 0 bridgehead atoms. The number of benzene rings is 2. The van der Waals surface area contributed by atoms with E-state index in [1.807, 2.05) is 4.90 Å². The van der Waals surface area contributed by atoms with Crippen molar-refractivity contribution < 1.29 is 18.7 Å². The van der Waals surface area contributed by atoms with Gasteiger partial charge in [0.1, 0.15) is 6.10 Å². The van der Waals surface area contributed by atoms with Crippen LogP contribution in [0.3, 0.4) is 0 Å². The summed E-state index contributed by atoms with van der Waals surface area (Å²) in [5.74, 6) is -4.00. The van der Waals surface area contributed by atoms with Crippen molar-refractivity contribution in [1.82, 2.24) is 4.90 Å². The Hall–Kier alpha value is -2.99. The molecule has 1 fully saturated rings. The minimum absolute atomic E-state index is 0.113. The largest absolute Gasteiger partial charge is 0.386 e. The molecule has 4 nitrogen and oxygen atoms in total. The van der Waals surface area contributed by atoms with Crippen LogP contribution in [0, 0.1) is 5.92 Å². The van der Waals surface area contributed by atoms with Crippen molar-refractivity contribution in [1.29, 1.82) is 0 Å². The van der Waals surface area contributed by atoms with Crippen molar-refractivity contribution in [2.45, 2.75) is 31.8 Å². The quantitative estimate of drug-likeness (QED) is 0.572. The highest BCUT2D eigenvalue weighted by Crippen LogP contribution is 2.31. The van der Waals surface area contributed by atoms with E-state index in [1.54, 1.807) is 43.3 Å². The number of carbonyl (C=O) groups excluding carboxylic acids is 1. The van der Waals surface area contributed by atoms with E-state index in [0.29, 0.717) is 17.5 Å². The summed E-state index contributed by atoms with van der Waals surface area (Å²) < 4.78 is 27.3. The molecule has 0 radical (unpaired) electrons. The van der Waals surface area contributed by atoms with E-state index in [0.717, 1.165) is 37.1 Å². The molecule has 1 aliphatic heterocycles. The Morgan fingerprint density at radius 1 is 1.10 bits per heavy atom. The highest BCUT2D eigenvalue weighted by Gasteiger charge is 2.28. The normalized spacial score (nSPS) is 15.9. The molecule has 2 aromatic carbocycles. The van der Waals surface area contributed by atoms with Crippen molar-refractivity contribution in [3.05, 3.63) is 79.0 Å². The first kappa shape index (κ1) is 22.7. The lowest BCUT2D eigenvalue weighted by atomic mass is 10.00. The summed E-state index contributed by atoms with van der Waals surface area (Å²) in [6.07, 6.45) is 1.82. The van der Waals surface area contributed by atoms with Crippen LogP contribution in [0.25, 0.3) is 11.1 Å². The fourth-order valence-electron chi connectivity index (χ4n) is 3.63. The molecule has 3 rings (SSSR count). The summed E-state index contributed by atoms with van der Waals surface area (Å²) in [6.45, 7) is 10.5. The predicted molar refractivity (Wildman–Crippen MR) is 120 cm³/mol. The van der Waals surface area contributed by atoms with Gasteiger partial charge >= 0.3 is 0 Å². The number of allylic oxidation sites excluding steroid dienone is 1. The van der Waals surface area contributed by atoms with Crippen molar-refractivity contribution >= 4 is 11.6 Å². The molecule has 0 saturated carbocycles. The zero-order valence-electron chi connectivity index (χ0n) is 17.7. The van der Waals surface area contributed by atoms with Crippen LogP contribution in [0.15, 0.2) is 73.5 Å². The molecule has 0 spiro atoms. The zero-order valence-corrected chi connectivity index (χ0v) is 17.7. The van der Waals surface area contributed by atoms with Crippen molar-refractivity contribution in [3.63, 3.8) is 0 Å². The maximum Gasteiger partial charge on any atom is 0.291 e. The number of nitrogens with zero attached hydrogens (tertiary/aromatic N) is 1. The molecule has 164 valence electrons. The molecule has 0 aliphatic carbocycles. The van der Waals surface area contributed by atoms with Gasteiger partial charge in [0.05, 0.1) is 5.92 Å². The topological polar surface area (TPSA) is 52.6 Å². The Morgan fingerprint density at radius 2 is 1.61 bits per heavy atom. The van der Waals surface area contributed by atoms with Crippen molar-refractivity contribution in [2.75, 3.05) is 18.4 Å². The number of hydrogen-bond donors (Lipinski definition) is 2. The average Bonchev–Trinajstić information content (AvgIpc) is 3.33. The highest BCUT2D eigenvalue weighted by atomic mass is 19.3. The first-order valence-corrected chi connectivity index (χ1v) is 10.4. The number of aliphatic hydroxyl groups is 1. The van der Waals surface area contributed by atoms with Crippen molar-refractivity contribution in [2.24, 2.45) is 5.92 Å². The molecule has 1 amide bonds. The van der Waals surface area contributed by atoms with Crippen LogP contribution in [0.2, 0.25) is 0 Å². The molecule has 2 aromatic rings. The zero-order chi connectivity index (χ0) is 22.6. The standard InChI is InChI=1S/C25H28F2N2O2/c1-4-25(26,27)21-11-7-19(8-12-21)20-9-13-22(14-10-20)28-24(31)17(2)23(30)18(3)29-15-5-6-16-29/h4,7-14,17,23,30H,1,3,5-6,15-16H2,2H3,(H,28,31)/t17-,23-/m1/s1. The Labute approximate surface area is 181 Å². The summed E-state index contributed by atoms with van der Waals surface area (Å²) >= 11 is 0. The minimum atomic E-state index is -3.06. The second-order valence-electron chi connectivity index (χ2n) is 7.89. The first-order chi connectivity index (χ1) is 14.7. The summed E-state index contributed by atoms with van der Waals surface area (Å²) in [6, 6.07) is 13.1. The first-order valence-electron chi connectivity index (χ1n) is 10.4. The second-order valence-corrected chi connectivity index (χ2v) is 7.89. The van der Waals surface area contributed by atoms with E-state index in [-0.39, 0.29) is 11.5 Å². The van der Waals surface area contributed by atoms with E-state index in [4.69, 9.17) is 0 Å². The third kappa shape index (κ3) is 5.20. The van der Waals surface area contributed by atoms with Crippen LogP contribution in [0.4, 0.5) is 14.5 Å². The third-order valence-corrected chi connectivity index (χ3v) is 5.75. The number of carbonyl (C=O) groups is 1. The van der Waals surface area contributed by atoms with E-state index in [9.17, 15) is 18.7 Å². The lowest BCUT2D eigenvalue weighted by Gasteiger charge is -2.27. The van der Waals surface area contributed by atoms with Crippen LogP contribution in [-0.2, 0) is 10.7 Å². The number of aliphatic hydroxyl groups excluding tert-OH is 1. The van der Waals surface area contributed by atoms with Gasteiger partial charge in [-0.2, -0.15) is 8.78 Å². The maximum atomic E-state index is 13.7. The maximum absolute atomic E-state index is 13.7. The SMILES string of the molecule is C=CC(F)(F)c1ccc(-c2ccc(NC(=O)[C@H](C)[C@@H](O)C(=C)N3CCCC3)cc2)cc1. The van der Waals surface area contributed by atoms with Crippen LogP contribution in [0.5, 0.6) is 0 Å². The van der Waals surface area contributed by atoms with Gasteiger partial charge in [-0.15, -0.1) is 0 Å². The fourth-order valence-corrected chi connectivity index (χ4v) is 3.63. The van der Waals surface area contributed by atoms with E-state index in [1.165, 1.54) is 12.1 Å². The number of rotatable bonds is 8. The van der Waals surface area contributed by atoms with Gasteiger partial charge in [0.25, 0.3) is 5.92 Å². The Morgan fingerprint density at radius 3 is 2.13 bits per heavy atom. The molecule has 6 heteroatoms. The highest BCUT2D eigenvalue weighted by molar-refractivity contribution is 5.93. The van der Waals surface area contributed by atoms with Crippen LogP contribution >= 0.6 is 0 Å². The molecular weight excluding hydrogens is 398 g/mol. The molecule has 2 N–H and O–H groups in total. The fraction of sp³-hybridized carbons (Fsp3) is 0.320. The predicted octanol–water partition coefficient (Wildman–Crippen LogP) is 5.18. The number of likely N-dealkylation sites (tertiary alicyclic amines) is 1. The molecule has 2 atom stereocenters. The summed E-state index contributed by atoms with van der Waals surface area (Å²) in [4.78, 5) is 14.6. The molecule has 1 aliphatic rings. The summed E-state index contributed by atoms with van der Waals surface area (Å²) in [5, 5.41) is 13.3. The Balaban J connectivity index is 1.62. The smallest absolute Gasteiger partial charge is 0.291 e. The number of nitrogens with one attached hydrogen (secondary N) is 1. The van der Waals surface area contributed by atoms with E-state index in [2.05, 4.69) is 18.5 Å². The molecule has 0 aromatic heterocycles. The number of halogens is 2. The van der Waals surface area contributed by atoms with Gasteiger partial charge in [-0.1, -0.05) is 56.5 Å². The summed E-state index contributed by atoms with van der Waals surface area (Å²) in [5.41, 5.74) is 2.68. The monoisotopic (exact) mass is 426 g/mol. The Kier molecular flexibility index (Phi) is 6.91. The van der Waals surface area contributed by atoms with E-state index < -0.39 is 17.9 Å². The molecule has 1 heterocycles.